The lowest BCUT2D eigenvalue weighted by molar-refractivity contribution is -0.123. The number of nitrogens with two attached hydrogens (primary N) is 1. The minimum absolute atomic E-state index is 0.0729. The largest absolute Gasteiger partial charge is 0.460 e. The topological polar surface area (TPSA) is 95.7 Å². The number of hydrogen-bond acceptors (Lipinski definition) is 6. The Hall–Kier alpha value is -2.80. The fraction of sp³-hybridized carbons (Fsp3) is 0.0625. The van der Waals surface area contributed by atoms with Gasteiger partial charge >= 0.3 is 10.1 Å². The van der Waals surface area contributed by atoms with Crippen molar-refractivity contribution in [1.29, 1.82) is 0 Å². The fourth-order valence-corrected chi connectivity index (χ4v) is 3.12. The number of benzene rings is 2. The standard InChI is InChI=1S/C16H13NO5S/c17-16-15(22-23(19,20)12-9-5-2-6-10-12)13(18)14(21-16)11-7-3-1-4-8-11/h1-10,14H,17H2. The van der Waals surface area contributed by atoms with Gasteiger partial charge in [0.15, 0.2) is 6.10 Å². The van der Waals surface area contributed by atoms with Gasteiger partial charge in [-0.15, -0.1) is 0 Å². The number of ketones is 1. The first-order valence-electron chi connectivity index (χ1n) is 6.74. The van der Waals surface area contributed by atoms with Gasteiger partial charge in [-0.3, -0.25) is 4.79 Å². The molecule has 0 bridgehead atoms. The number of carbonyl (C=O) groups excluding carboxylic acids is 1. The van der Waals surface area contributed by atoms with E-state index >= 15 is 0 Å². The van der Waals surface area contributed by atoms with Crippen LogP contribution in [-0.4, -0.2) is 14.2 Å². The van der Waals surface area contributed by atoms with Crippen molar-refractivity contribution in [2.24, 2.45) is 5.73 Å². The monoisotopic (exact) mass is 331 g/mol. The first kappa shape index (κ1) is 15.1. The van der Waals surface area contributed by atoms with E-state index in [9.17, 15) is 13.2 Å². The first-order chi connectivity index (χ1) is 11.0. The number of rotatable bonds is 4. The van der Waals surface area contributed by atoms with Gasteiger partial charge in [0.25, 0.3) is 0 Å². The van der Waals surface area contributed by atoms with E-state index in [-0.39, 0.29) is 10.8 Å². The summed E-state index contributed by atoms with van der Waals surface area (Å²) in [5.41, 5.74) is 6.20. The van der Waals surface area contributed by atoms with Crippen molar-refractivity contribution in [3.05, 3.63) is 77.9 Å². The van der Waals surface area contributed by atoms with Crippen molar-refractivity contribution < 1.29 is 22.1 Å². The Bertz CT molecular complexity index is 860. The highest BCUT2D eigenvalue weighted by atomic mass is 32.2. The maximum absolute atomic E-state index is 12.4. The van der Waals surface area contributed by atoms with Crippen LogP contribution in [0.5, 0.6) is 0 Å². The number of carbonyl (C=O) groups is 1. The highest BCUT2D eigenvalue weighted by Crippen LogP contribution is 2.33. The SMILES string of the molecule is NC1=C(OS(=O)(=O)c2ccccc2)C(=O)C(c2ccccc2)O1. The normalized spacial score (nSPS) is 17.9. The molecule has 6 nitrogen and oxygen atoms in total. The molecule has 1 heterocycles. The minimum Gasteiger partial charge on any atom is -0.460 e. The zero-order valence-electron chi connectivity index (χ0n) is 11.9. The molecule has 0 aromatic heterocycles. The molecule has 1 aliphatic rings. The maximum atomic E-state index is 12.4. The zero-order chi connectivity index (χ0) is 16.4. The molecule has 1 unspecified atom stereocenters. The fourth-order valence-electron chi connectivity index (χ4n) is 2.15. The average molecular weight is 331 g/mol. The van der Waals surface area contributed by atoms with Crippen LogP contribution in [0.15, 0.2) is 77.2 Å². The Labute approximate surface area is 133 Å². The van der Waals surface area contributed by atoms with Gasteiger partial charge in [0.2, 0.25) is 17.4 Å². The summed E-state index contributed by atoms with van der Waals surface area (Å²) in [6, 6.07) is 16.1. The number of ether oxygens (including phenoxy) is 1. The second-order valence-corrected chi connectivity index (χ2v) is 6.36. The predicted molar refractivity (Wildman–Crippen MR) is 81.2 cm³/mol. The lowest BCUT2D eigenvalue weighted by atomic mass is 10.1. The minimum atomic E-state index is -4.15. The smallest absolute Gasteiger partial charge is 0.339 e. The van der Waals surface area contributed by atoms with Crippen molar-refractivity contribution in [2.75, 3.05) is 0 Å². The predicted octanol–water partition coefficient (Wildman–Crippen LogP) is 1.86. The van der Waals surface area contributed by atoms with E-state index in [1.54, 1.807) is 48.5 Å². The Morgan fingerprint density at radius 3 is 2.13 bits per heavy atom. The van der Waals surface area contributed by atoms with E-state index in [4.69, 9.17) is 14.7 Å². The third-order valence-corrected chi connectivity index (χ3v) is 4.49. The van der Waals surface area contributed by atoms with Crippen LogP contribution >= 0.6 is 0 Å². The van der Waals surface area contributed by atoms with Crippen molar-refractivity contribution in [1.82, 2.24) is 0 Å². The molecule has 1 atom stereocenters. The summed E-state index contributed by atoms with van der Waals surface area (Å²) in [6.45, 7) is 0. The second-order valence-electron chi connectivity index (χ2n) is 4.82. The van der Waals surface area contributed by atoms with Gasteiger partial charge in [-0.05, 0) is 12.1 Å². The molecule has 3 rings (SSSR count). The molecule has 0 saturated carbocycles. The van der Waals surface area contributed by atoms with Crippen molar-refractivity contribution in [3.8, 4) is 0 Å². The Kier molecular flexibility index (Phi) is 3.79. The van der Waals surface area contributed by atoms with Crippen molar-refractivity contribution in [2.45, 2.75) is 11.0 Å². The third-order valence-electron chi connectivity index (χ3n) is 3.26. The van der Waals surface area contributed by atoms with Crippen LogP contribution in [0.3, 0.4) is 0 Å². The molecule has 1 aliphatic heterocycles. The Balaban J connectivity index is 1.87. The summed E-state index contributed by atoms with van der Waals surface area (Å²) in [4.78, 5) is 12.3. The molecule has 0 amide bonds. The van der Waals surface area contributed by atoms with E-state index in [2.05, 4.69) is 0 Å². The van der Waals surface area contributed by atoms with Gasteiger partial charge in [0, 0.05) is 5.56 Å². The molecule has 118 valence electrons. The average Bonchev–Trinajstić information content (AvgIpc) is 2.84. The van der Waals surface area contributed by atoms with E-state index in [0.717, 1.165) is 0 Å². The third kappa shape index (κ3) is 2.91. The van der Waals surface area contributed by atoms with Gasteiger partial charge in [-0.2, -0.15) is 8.42 Å². The van der Waals surface area contributed by atoms with E-state index < -0.39 is 27.8 Å². The van der Waals surface area contributed by atoms with Crippen LogP contribution in [0.4, 0.5) is 0 Å². The molecule has 2 aromatic carbocycles. The summed E-state index contributed by atoms with van der Waals surface area (Å²) in [6.07, 6.45) is -1.00. The molecule has 2 aromatic rings. The van der Waals surface area contributed by atoms with Crippen LogP contribution in [0.1, 0.15) is 11.7 Å². The molecule has 7 heteroatoms. The van der Waals surface area contributed by atoms with E-state index in [0.29, 0.717) is 5.56 Å². The zero-order valence-corrected chi connectivity index (χ0v) is 12.7. The summed E-state index contributed by atoms with van der Waals surface area (Å²) in [7, 11) is -4.15. The summed E-state index contributed by atoms with van der Waals surface area (Å²) >= 11 is 0. The number of Topliss-reactive ketones (excluding diaryl/α,β-unsaturated/α-hetero) is 1. The lowest BCUT2D eigenvalue weighted by Gasteiger charge is -2.09. The van der Waals surface area contributed by atoms with E-state index in [1.165, 1.54) is 12.1 Å². The Morgan fingerprint density at radius 2 is 1.52 bits per heavy atom. The van der Waals surface area contributed by atoms with Gasteiger partial charge in [-0.1, -0.05) is 48.5 Å². The highest BCUT2D eigenvalue weighted by molar-refractivity contribution is 7.86. The molecular formula is C16H13NO5S. The summed E-state index contributed by atoms with van der Waals surface area (Å²) in [5.74, 6) is -1.47. The van der Waals surface area contributed by atoms with Gasteiger partial charge in [0.05, 0.1) is 0 Å². The molecule has 0 fully saturated rings. The summed E-state index contributed by atoms with van der Waals surface area (Å²) in [5, 5.41) is 0. The molecule has 0 radical (unpaired) electrons. The van der Waals surface area contributed by atoms with Crippen molar-refractivity contribution in [3.63, 3.8) is 0 Å². The van der Waals surface area contributed by atoms with Gasteiger partial charge < -0.3 is 14.7 Å². The van der Waals surface area contributed by atoms with Crippen LogP contribution in [0.25, 0.3) is 0 Å². The molecule has 23 heavy (non-hydrogen) atoms. The van der Waals surface area contributed by atoms with Crippen LogP contribution in [0.2, 0.25) is 0 Å². The maximum Gasteiger partial charge on any atom is 0.339 e. The first-order valence-corrected chi connectivity index (χ1v) is 8.15. The lowest BCUT2D eigenvalue weighted by Crippen LogP contribution is -2.15. The molecule has 0 aliphatic carbocycles. The quantitative estimate of drug-likeness (QED) is 0.859. The molecular weight excluding hydrogens is 318 g/mol. The molecule has 0 saturated heterocycles. The van der Waals surface area contributed by atoms with Crippen LogP contribution < -0.4 is 5.73 Å². The van der Waals surface area contributed by atoms with Crippen LogP contribution in [0, 0.1) is 0 Å². The molecule has 0 spiro atoms. The number of hydrogen-bond donors (Lipinski definition) is 1. The molecule has 2 N–H and O–H groups in total. The van der Waals surface area contributed by atoms with Crippen LogP contribution in [-0.2, 0) is 23.8 Å². The van der Waals surface area contributed by atoms with Gasteiger partial charge in [0.1, 0.15) is 4.90 Å². The summed E-state index contributed by atoms with van der Waals surface area (Å²) < 4.78 is 34.6. The highest BCUT2D eigenvalue weighted by Gasteiger charge is 2.39. The van der Waals surface area contributed by atoms with Crippen molar-refractivity contribution >= 4 is 15.9 Å². The Morgan fingerprint density at radius 1 is 0.957 bits per heavy atom. The second kappa shape index (κ2) is 5.77. The van der Waals surface area contributed by atoms with Gasteiger partial charge in [-0.25, -0.2) is 0 Å². The van der Waals surface area contributed by atoms with E-state index in [1.807, 2.05) is 0 Å².